The van der Waals surface area contributed by atoms with Gasteiger partial charge in [0.2, 0.25) is 0 Å². The van der Waals surface area contributed by atoms with Crippen LogP contribution in [0.25, 0.3) is 0 Å². The molecule has 0 bridgehead atoms. The lowest BCUT2D eigenvalue weighted by molar-refractivity contribution is 0.152. The highest BCUT2D eigenvalue weighted by atomic mass is 15.2. The van der Waals surface area contributed by atoms with Gasteiger partial charge in [-0.2, -0.15) is 0 Å². The summed E-state index contributed by atoms with van der Waals surface area (Å²) in [6.07, 6.45) is 7.93. The van der Waals surface area contributed by atoms with E-state index in [0.29, 0.717) is 11.5 Å². The molecular formula is C12H26N2. The van der Waals surface area contributed by atoms with Gasteiger partial charge >= 0.3 is 0 Å². The third kappa shape index (κ3) is 2.29. The maximum absolute atomic E-state index is 5.74. The molecule has 0 saturated heterocycles. The van der Waals surface area contributed by atoms with Gasteiger partial charge in [0.15, 0.2) is 0 Å². The predicted molar refractivity (Wildman–Crippen MR) is 61.8 cm³/mol. The monoisotopic (exact) mass is 198 g/mol. The highest BCUT2D eigenvalue weighted by Gasteiger charge is 2.39. The molecule has 14 heavy (non-hydrogen) atoms. The SMILES string of the molecule is CCC(CC)C(NN)C1(C)CCCC1. The van der Waals surface area contributed by atoms with Crippen LogP contribution in [0.15, 0.2) is 0 Å². The Kier molecular flexibility index (Phi) is 4.39. The van der Waals surface area contributed by atoms with Crippen LogP contribution in [0.3, 0.4) is 0 Å². The molecule has 1 unspecified atom stereocenters. The Balaban J connectivity index is 2.68. The van der Waals surface area contributed by atoms with Crippen molar-refractivity contribution < 1.29 is 0 Å². The van der Waals surface area contributed by atoms with Gasteiger partial charge in [-0.15, -0.1) is 0 Å². The second-order valence-electron chi connectivity index (χ2n) is 5.08. The van der Waals surface area contributed by atoms with Crippen molar-refractivity contribution in [3.63, 3.8) is 0 Å². The number of hydrogen-bond acceptors (Lipinski definition) is 2. The zero-order chi connectivity index (χ0) is 10.6. The molecule has 2 heteroatoms. The zero-order valence-electron chi connectivity index (χ0n) is 9.97. The van der Waals surface area contributed by atoms with Crippen molar-refractivity contribution in [2.24, 2.45) is 17.2 Å². The van der Waals surface area contributed by atoms with Gasteiger partial charge in [-0.25, -0.2) is 0 Å². The number of rotatable bonds is 5. The summed E-state index contributed by atoms with van der Waals surface area (Å²) in [5.74, 6) is 6.48. The van der Waals surface area contributed by atoms with Crippen LogP contribution in [0, 0.1) is 11.3 Å². The van der Waals surface area contributed by atoms with E-state index < -0.39 is 0 Å². The fraction of sp³-hybridized carbons (Fsp3) is 1.00. The third-order valence-electron chi connectivity index (χ3n) is 4.20. The van der Waals surface area contributed by atoms with E-state index in [2.05, 4.69) is 26.2 Å². The van der Waals surface area contributed by atoms with Gasteiger partial charge < -0.3 is 0 Å². The summed E-state index contributed by atoms with van der Waals surface area (Å²) < 4.78 is 0. The van der Waals surface area contributed by atoms with E-state index in [4.69, 9.17) is 5.84 Å². The Bertz CT molecular complexity index is 158. The summed E-state index contributed by atoms with van der Waals surface area (Å²) in [7, 11) is 0. The van der Waals surface area contributed by atoms with Crippen molar-refractivity contribution in [3.8, 4) is 0 Å². The summed E-state index contributed by atoms with van der Waals surface area (Å²) in [4.78, 5) is 0. The first-order valence-corrected chi connectivity index (χ1v) is 6.14. The van der Waals surface area contributed by atoms with Crippen molar-refractivity contribution in [2.75, 3.05) is 0 Å². The topological polar surface area (TPSA) is 38.0 Å². The molecule has 0 aromatic carbocycles. The zero-order valence-corrected chi connectivity index (χ0v) is 9.97. The van der Waals surface area contributed by atoms with Crippen molar-refractivity contribution in [2.45, 2.75) is 65.3 Å². The molecule has 84 valence electrons. The van der Waals surface area contributed by atoms with E-state index in [9.17, 15) is 0 Å². The van der Waals surface area contributed by atoms with Crippen LogP contribution < -0.4 is 11.3 Å². The van der Waals surface area contributed by atoms with Crippen molar-refractivity contribution in [1.29, 1.82) is 0 Å². The molecule has 2 nitrogen and oxygen atoms in total. The van der Waals surface area contributed by atoms with Crippen LogP contribution in [0.4, 0.5) is 0 Å². The maximum atomic E-state index is 5.74. The van der Waals surface area contributed by atoms with Crippen LogP contribution in [-0.4, -0.2) is 6.04 Å². The van der Waals surface area contributed by atoms with Crippen molar-refractivity contribution in [1.82, 2.24) is 5.43 Å². The average Bonchev–Trinajstić information content (AvgIpc) is 2.62. The van der Waals surface area contributed by atoms with Crippen molar-refractivity contribution in [3.05, 3.63) is 0 Å². The Hall–Kier alpha value is -0.0800. The molecule has 1 fully saturated rings. The Morgan fingerprint density at radius 2 is 1.71 bits per heavy atom. The van der Waals surface area contributed by atoms with Gasteiger partial charge in [0, 0.05) is 6.04 Å². The second kappa shape index (κ2) is 5.13. The number of nitrogens with one attached hydrogen (secondary N) is 1. The smallest absolute Gasteiger partial charge is 0.0292 e. The standard InChI is InChI=1S/C12H26N2/c1-4-10(5-2)11(14-13)12(3)8-6-7-9-12/h10-11,14H,4-9,13H2,1-3H3. The highest BCUT2D eigenvalue weighted by Crippen LogP contribution is 2.43. The average molecular weight is 198 g/mol. The Labute approximate surface area is 88.6 Å². The number of hydrazine groups is 1. The lowest BCUT2D eigenvalue weighted by atomic mass is 9.73. The fourth-order valence-electron chi connectivity index (χ4n) is 3.16. The lowest BCUT2D eigenvalue weighted by Gasteiger charge is -2.38. The van der Waals surface area contributed by atoms with Gasteiger partial charge in [-0.05, 0) is 24.2 Å². The first-order chi connectivity index (χ1) is 6.68. The summed E-state index contributed by atoms with van der Waals surface area (Å²) >= 11 is 0. The van der Waals surface area contributed by atoms with E-state index in [1.54, 1.807) is 0 Å². The molecule has 0 amide bonds. The van der Waals surface area contributed by atoms with E-state index in [-0.39, 0.29) is 0 Å². The molecule has 1 saturated carbocycles. The van der Waals surface area contributed by atoms with Gasteiger partial charge in [-0.1, -0.05) is 46.5 Å². The quantitative estimate of drug-likeness (QED) is 0.526. The minimum atomic E-state index is 0.450. The molecule has 0 aromatic heterocycles. The van der Waals surface area contributed by atoms with E-state index in [1.807, 2.05) is 0 Å². The predicted octanol–water partition coefficient (Wildman–Crippen LogP) is 2.83. The molecular weight excluding hydrogens is 172 g/mol. The number of hydrogen-bond donors (Lipinski definition) is 2. The van der Waals surface area contributed by atoms with Crippen LogP contribution in [0.5, 0.6) is 0 Å². The van der Waals surface area contributed by atoms with Gasteiger partial charge in [0.05, 0.1) is 0 Å². The molecule has 0 heterocycles. The fourth-order valence-corrected chi connectivity index (χ4v) is 3.16. The molecule has 1 rings (SSSR count). The molecule has 1 atom stereocenters. The molecule has 0 radical (unpaired) electrons. The molecule has 1 aliphatic rings. The largest absolute Gasteiger partial charge is 0.271 e. The van der Waals surface area contributed by atoms with Crippen LogP contribution in [0.1, 0.15) is 59.3 Å². The molecule has 3 N–H and O–H groups in total. The summed E-state index contributed by atoms with van der Waals surface area (Å²) in [6.45, 7) is 6.95. The number of nitrogens with two attached hydrogens (primary N) is 1. The van der Waals surface area contributed by atoms with Crippen LogP contribution >= 0.6 is 0 Å². The maximum Gasteiger partial charge on any atom is 0.0292 e. The highest BCUT2D eigenvalue weighted by molar-refractivity contribution is 4.93. The second-order valence-corrected chi connectivity index (χ2v) is 5.08. The summed E-state index contributed by atoms with van der Waals surface area (Å²) in [5.41, 5.74) is 3.54. The summed E-state index contributed by atoms with van der Waals surface area (Å²) in [5, 5.41) is 0. The molecule has 0 aliphatic heterocycles. The molecule has 0 aromatic rings. The van der Waals surface area contributed by atoms with Crippen LogP contribution in [0.2, 0.25) is 0 Å². The third-order valence-corrected chi connectivity index (χ3v) is 4.20. The molecule has 1 aliphatic carbocycles. The van der Waals surface area contributed by atoms with Gasteiger partial charge in [0.1, 0.15) is 0 Å². The first-order valence-electron chi connectivity index (χ1n) is 6.14. The Morgan fingerprint density at radius 3 is 2.07 bits per heavy atom. The van der Waals surface area contributed by atoms with Gasteiger partial charge in [-0.3, -0.25) is 11.3 Å². The van der Waals surface area contributed by atoms with E-state index in [0.717, 1.165) is 5.92 Å². The minimum absolute atomic E-state index is 0.450. The lowest BCUT2D eigenvalue weighted by Crippen LogP contribution is -2.50. The van der Waals surface area contributed by atoms with Crippen molar-refractivity contribution >= 4 is 0 Å². The minimum Gasteiger partial charge on any atom is -0.271 e. The first kappa shape index (κ1) is 12.0. The summed E-state index contributed by atoms with van der Waals surface area (Å²) in [6, 6.07) is 0.514. The van der Waals surface area contributed by atoms with E-state index >= 15 is 0 Å². The normalized spacial score (nSPS) is 22.9. The van der Waals surface area contributed by atoms with Gasteiger partial charge in [0.25, 0.3) is 0 Å². The van der Waals surface area contributed by atoms with Crippen LogP contribution in [-0.2, 0) is 0 Å². The van der Waals surface area contributed by atoms with E-state index in [1.165, 1.54) is 38.5 Å². The molecule has 0 spiro atoms. The Morgan fingerprint density at radius 1 is 1.21 bits per heavy atom.